The van der Waals surface area contributed by atoms with Crippen molar-refractivity contribution in [2.24, 2.45) is 20.0 Å². The summed E-state index contributed by atoms with van der Waals surface area (Å²) in [4.78, 5) is 41.5. The molecule has 0 saturated carbocycles. The van der Waals surface area contributed by atoms with Crippen LogP contribution in [0.15, 0.2) is 46.0 Å². The molecule has 13 heteroatoms. The number of carbonyl (C=O) groups is 1. The molecule has 4 heterocycles. The Bertz CT molecular complexity index is 1440. The van der Waals surface area contributed by atoms with Crippen LogP contribution >= 0.6 is 0 Å². The number of benzene rings is 1. The molecule has 2 N–H and O–H groups in total. The van der Waals surface area contributed by atoms with Gasteiger partial charge in [-0.3, -0.25) is 13.9 Å². The number of aliphatic carboxylic acids is 1. The fourth-order valence-corrected chi connectivity index (χ4v) is 4.78. The SMILES string of the molecule is Cn1c(=O)c2c(nc(N3CCC4CNCC43)n2CC=Cc2ccccc2)n(C)c1=O.O=C(O)C(F)(F)F. The number of imidazole rings is 1. The number of nitrogens with zero attached hydrogens (tertiary/aromatic N) is 5. The molecule has 0 radical (unpaired) electrons. The summed E-state index contributed by atoms with van der Waals surface area (Å²) in [5, 5.41) is 10.6. The van der Waals surface area contributed by atoms with Gasteiger partial charge in [0.15, 0.2) is 11.2 Å². The third-order valence-electron chi connectivity index (χ3n) is 6.67. The van der Waals surface area contributed by atoms with Crippen molar-refractivity contribution in [2.45, 2.75) is 25.2 Å². The first-order valence-corrected chi connectivity index (χ1v) is 11.7. The third kappa shape index (κ3) is 5.17. The van der Waals surface area contributed by atoms with Gasteiger partial charge in [0.1, 0.15) is 0 Å². The first-order valence-electron chi connectivity index (χ1n) is 11.7. The number of allylic oxidation sites excluding steroid dienone is 1. The molecule has 2 unspecified atom stereocenters. The number of hydrogen-bond donors (Lipinski definition) is 2. The summed E-state index contributed by atoms with van der Waals surface area (Å²) in [6, 6.07) is 10.5. The number of anilines is 1. The average molecular weight is 521 g/mol. The lowest BCUT2D eigenvalue weighted by Crippen LogP contribution is -2.38. The molecule has 0 bridgehead atoms. The van der Waals surface area contributed by atoms with Crippen LogP contribution in [0.5, 0.6) is 0 Å². The summed E-state index contributed by atoms with van der Waals surface area (Å²) in [6.07, 6.45) is 0.120. The lowest BCUT2D eigenvalue weighted by molar-refractivity contribution is -0.192. The number of aryl methyl sites for hydroxylation is 1. The van der Waals surface area contributed by atoms with Gasteiger partial charge in [0.2, 0.25) is 5.95 Å². The van der Waals surface area contributed by atoms with Gasteiger partial charge < -0.3 is 19.9 Å². The molecule has 2 aromatic heterocycles. The molecular formula is C24H27F3N6O4. The predicted molar refractivity (Wildman–Crippen MR) is 131 cm³/mol. The van der Waals surface area contributed by atoms with E-state index in [-0.39, 0.29) is 11.2 Å². The van der Waals surface area contributed by atoms with E-state index in [1.807, 2.05) is 47.1 Å². The topological polar surface area (TPSA) is 114 Å². The number of alkyl halides is 3. The maximum atomic E-state index is 13.0. The molecule has 5 rings (SSSR count). The van der Waals surface area contributed by atoms with Crippen molar-refractivity contribution >= 4 is 29.2 Å². The number of rotatable bonds is 4. The number of hydrogen-bond acceptors (Lipinski definition) is 6. The Balaban J connectivity index is 0.000000405. The van der Waals surface area contributed by atoms with Crippen LogP contribution in [0.4, 0.5) is 19.1 Å². The second-order valence-electron chi connectivity index (χ2n) is 8.98. The maximum Gasteiger partial charge on any atom is 0.490 e. The number of halogens is 3. The predicted octanol–water partition coefficient (Wildman–Crippen LogP) is 1.58. The third-order valence-corrected chi connectivity index (χ3v) is 6.67. The van der Waals surface area contributed by atoms with E-state index in [0.717, 1.165) is 42.1 Å². The van der Waals surface area contributed by atoms with Gasteiger partial charge in [0.25, 0.3) is 5.56 Å². The number of fused-ring (bicyclic) bond motifs is 2. The summed E-state index contributed by atoms with van der Waals surface area (Å²) in [6.45, 7) is 3.37. The standard InChI is InChI=1S/C22H26N6O2.C2HF3O2/c1-25-19-18(20(29)26(2)22(25)30)28(11-6-9-15-7-4-3-5-8-15)21(24-19)27-12-10-16-13-23-14-17(16)27;3-2(4,5)1(6)7/h3-9,16-17,23H,10-14H2,1-2H3;(H,6,7). The van der Waals surface area contributed by atoms with Crippen LogP contribution in [0.1, 0.15) is 12.0 Å². The zero-order chi connectivity index (χ0) is 26.9. The van der Waals surface area contributed by atoms with Crippen LogP contribution in [0, 0.1) is 5.92 Å². The zero-order valence-electron chi connectivity index (χ0n) is 20.3. The Hall–Kier alpha value is -3.87. The van der Waals surface area contributed by atoms with Crippen molar-refractivity contribution in [3.05, 3.63) is 62.8 Å². The lowest BCUT2D eigenvalue weighted by atomic mass is 10.1. The Kier molecular flexibility index (Phi) is 7.25. The van der Waals surface area contributed by atoms with Crippen LogP contribution in [0.25, 0.3) is 17.2 Å². The summed E-state index contributed by atoms with van der Waals surface area (Å²) in [5.74, 6) is -1.38. The molecule has 2 aliphatic heterocycles. The van der Waals surface area contributed by atoms with E-state index in [9.17, 15) is 22.8 Å². The minimum atomic E-state index is -5.08. The highest BCUT2D eigenvalue weighted by molar-refractivity contribution is 5.75. The highest BCUT2D eigenvalue weighted by atomic mass is 19.4. The summed E-state index contributed by atoms with van der Waals surface area (Å²) >= 11 is 0. The van der Waals surface area contributed by atoms with Crippen molar-refractivity contribution in [1.29, 1.82) is 0 Å². The minimum absolute atomic E-state index is 0.305. The molecule has 3 aromatic rings. The second kappa shape index (κ2) is 10.2. The van der Waals surface area contributed by atoms with Gasteiger partial charge in [-0.15, -0.1) is 0 Å². The molecule has 37 heavy (non-hydrogen) atoms. The molecule has 0 spiro atoms. The highest BCUT2D eigenvalue weighted by Gasteiger charge is 2.40. The lowest BCUT2D eigenvalue weighted by Gasteiger charge is -2.25. The number of aromatic nitrogens is 4. The van der Waals surface area contributed by atoms with Gasteiger partial charge in [-0.1, -0.05) is 42.5 Å². The van der Waals surface area contributed by atoms with E-state index >= 15 is 0 Å². The van der Waals surface area contributed by atoms with Gasteiger partial charge >= 0.3 is 17.8 Å². The molecule has 2 aliphatic rings. The van der Waals surface area contributed by atoms with Crippen LogP contribution in [-0.2, 0) is 25.4 Å². The van der Waals surface area contributed by atoms with E-state index in [1.54, 1.807) is 7.05 Å². The first kappa shape index (κ1) is 26.2. The summed E-state index contributed by atoms with van der Waals surface area (Å²) < 4.78 is 36.3. The van der Waals surface area contributed by atoms with Crippen molar-refractivity contribution < 1.29 is 23.1 Å². The molecule has 10 nitrogen and oxygen atoms in total. The number of carboxylic acids is 1. The van der Waals surface area contributed by atoms with Crippen molar-refractivity contribution in [3.63, 3.8) is 0 Å². The van der Waals surface area contributed by atoms with Crippen molar-refractivity contribution in [2.75, 3.05) is 24.5 Å². The fourth-order valence-electron chi connectivity index (χ4n) is 4.78. The van der Waals surface area contributed by atoms with Gasteiger partial charge in [-0.25, -0.2) is 9.59 Å². The molecular weight excluding hydrogens is 493 g/mol. The molecule has 0 amide bonds. The Morgan fingerprint density at radius 1 is 1.16 bits per heavy atom. The minimum Gasteiger partial charge on any atom is -0.475 e. The Morgan fingerprint density at radius 2 is 1.84 bits per heavy atom. The van der Waals surface area contributed by atoms with Crippen molar-refractivity contribution in [1.82, 2.24) is 24.0 Å². The fraction of sp³-hybridized carbons (Fsp3) is 0.417. The molecule has 1 aromatic carbocycles. The van der Waals surface area contributed by atoms with Gasteiger partial charge in [-0.2, -0.15) is 18.2 Å². The Labute approximate surface area is 209 Å². The molecule has 2 atom stereocenters. The van der Waals surface area contributed by atoms with Crippen LogP contribution in [0.3, 0.4) is 0 Å². The average Bonchev–Trinajstić information content (AvgIpc) is 3.57. The first-order chi connectivity index (χ1) is 17.5. The quantitative estimate of drug-likeness (QED) is 0.537. The largest absolute Gasteiger partial charge is 0.490 e. The monoisotopic (exact) mass is 520 g/mol. The van der Waals surface area contributed by atoms with Gasteiger partial charge in [0.05, 0.1) is 0 Å². The molecule has 0 aliphatic carbocycles. The highest BCUT2D eigenvalue weighted by Crippen LogP contribution is 2.32. The molecule has 2 fully saturated rings. The Morgan fingerprint density at radius 3 is 2.49 bits per heavy atom. The van der Waals surface area contributed by atoms with E-state index in [4.69, 9.17) is 14.9 Å². The summed E-state index contributed by atoms with van der Waals surface area (Å²) in [7, 11) is 3.20. The summed E-state index contributed by atoms with van der Waals surface area (Å²) in [5.41, 5.74) is 1.36. The maximum absolute atomic E-state index is 13.0. The van der Waals surface area contributed by atoms with Gasteiger partial charge in [0, 0.05) is 46.3 Å². The molecule has 2 saturated heterocycles. The van der Waals surface area contributed by atoms with Crippen LogP contribution < -0.4 is 21.5 Å². The van der Waals surface area contributed by atoms with E-state index in [1.165, 1.54) is 11.6 Å². The van der Waals surface area contributed by atoms with Crippen LogP contribution in [-0.4, -0.2) is 61.6 Å². The zero-order valence-corrected chi connectivity index (χ0v) is 20.3. The van der Waals surface area contributed by atoms with Crippen LogP contribution in [0.2, 0.25) is 0 Å². The van der Waals surface area contributed by atoms with Gasteiger partial charge in [-0.05, 0) is 17.9 Å². The molecule has 198 valence electrons. The smallest absolute Gasteiger partial charge is 0.475 e. The number of nitrogens with one attached hydrogen (secondary N) is 1. The van der Waals surface area contributed by atoms with E-state index in [0.29, 0.717) is 29.7 Å². The normalized spacial score (nSPS) is 19.3. The van der Waals surface area contributed by atoms with E-state index in [2.05, 4.69) is 10.2 Å². The second-order valence-corrected chi connectivity index (χ2v) is 8.98. The number of carboxylic acid groups (broad SMARTS) is 1. The van der Waals surface area contributed by atoms with Crippen molar-refractivity contribution in [3.8, 4) is 0 Å². The van der Waals surface area contributed by atoms with E-state index < -0.39 is 12.1 Å².